The molecule has 0 amide bonds. The predicted molar refractivity (Wildman–Crippen MR) is 73.4 cm³/mol. The molecule has 0 saturated heterocycles. The van der Waals surface area contributed by atoms with Crippen LogP contribution >= 0.6 is 0 Å². The van der Waals surface area contributed by atoms with Crippen LogP contribution in [0.25, 0.3) is 11.3 Å². The second-order valence-electron chi connectivity index (χ2n) is 4.55. The first-order chi connectivity index (χ1) is 9.81. The predicted octanol–water partition coefficient (Wildman–Crippen LogP) is 3.77. The van der Waals surface area contributed by atoms with E-state index >= 15 is 0 Å². The van der Waals surface area contributed by atoms with Crippen LogP contribution in [-0.4, -0.2) is 11.6 Å². The van der Waals surface area contributed by atoms with Gasteiger partial charge in [-0.1, -0.05) is 0 Å². The first-order valence-corrected chi connectivity index (χ1v) is 6.36. The number of H-pyrrole nitrogens is 1. The van der Waals surface area contributed by atoms with E-state index in [0.29, 0.717) is 17.0 Å². The molecule has 1 heterocycles. The number of nitrogens with one attached hydrogen (secondary N) is 1. The van der Waals surface area contributed by atoms with E-state index in [9.17, 15) is 18.0 Å². The van der Waals surface area contributed by atoms with E-state index < -0.39 is 11.7 Å². The zero-order chi connectivity index (χ0) is 15.6. The van der Waals surface area contributed by atoms with Crippen molar-refractivity contribution < 1.29 is 17.9 Å². The number of halogens is 3. The molecule has 21 heavy (non-hydrogen) atoms. The molecule has 1 aromatic carbocycles. The van der Waals surface area contributed by atoms with E-state index in [1.54, 1.807) is 13.8 Å². The lowest BCUT2D eigenvalue weighted by atomic mass is 10.1. The molecule has 1 N–H and O–H groups in total. The van der Waals surface area contributed by atoms with Gasteiger partial charge >= 0.3 is 6.18 Å². The standard InChI is InChI=1S/C15H14F3NO2/c1-3-21-14-7-10(15(16,17)18)4-5-12(14)13-8-11(20)6-9(2)19-13/h4-8H,3H2,1-2H3,(H,19,20). The van der Waals surface area contributed by atoms with Gasteiger partial charge in [0.1, 0.15) is 5.75 Å². The third kappa shape index (κ3) is 3.45. The highest BCUT2D eigenvalue weighted by molar-refractivity contribution is 5.68. The molecule has 0 saturated carbocycles. The lowest BCUT2D eigenvalue weighted by Crippen LogP contribution is -2.07. The van der Waals surface area contributed by atoms with Crippen LogP contribution in [0, 0.1) is 6.92 Å². The van der Waals surface area contributed by atoms with Gasteiger partial charge in [0.25, 0.3) is 0 Å². The normalized spacial score (nSPS) is 11.5. The van der Waals surface area contributed by atoms with Gasteiger partial charge in [0, 0.05) is 23.4 Å². The van der Waals surface area contributed by atoms with Crippen molar-refractivity contribution in [1.82, 2.24) is 4.98 Å². The molecule has 0 radical (unpaired) electrons. The number of benzene rings is 1. The Morgan fingerprint density at radius 2 is 1.90 bits per heavy atom. The lowest BCUT2D eigenvalue weighted by molar-refractivity contribution is -0.137. The Morgan fingerprint density at radius 3 is 2.48 bits per heavy atom. The van der Waals surface area contributed by atoms with Gasteiger partial charge in [-0.2, -0.15) is 13.2 Å². The molecule has 0 atom stereocenters. The Kier molecular flexibility index (Phi) is 4.06. The topological polar surface area (TPSA) is 42.1 Å². The number of aryl methyl sites for hydroxylation is 1. The molecule has 112 valence electrons. The quantitative estimate of drug-likeness (QED) is 0.937. The molecule has 0 bridgehead atoms. The third-order valence-corrected chi connectivity index (χ3v) is 2.88. The number of hydrogen-bond acceptors (Lipinski definition) is 2. The molecule has 0 aliphatic heterocycles. The van der Waals surface area contributed by atoms with Crippen LogP contribution in [0.2, 0.25) is 0 Å². The summed E-state index contributed by atoms with van der Waals surface area (Å²) < 4.78 is 43.6. The van der Waals surface area contributed by atoms with Gasteiger partial charge in [-0.05, 0) is 32.0 Å². The van der Waals surface area contributed by atoms with Crippen molar-refractivity contribution in [2.45, 2.75) is 20.0 Å². The molecule has 1 aromatic heterocycles. The number of aromatic amines is 1. The number of ether oxygens (including phenoxy) is 1. The minimum atomic E-state index is -4.44. The van der Waals surface area contributed by atoms with Crippen molar-refractivity contribution in [3.8, 4) is 17.0 Å². The van der Waals surface area contributed by atoms with Crippen LogP contribution in [0.3, 0.4) is 0 Å². The summed E-state index contributed by atoms with van der Waals surface area (Å²) >= 11 is 0. The maximum Gasteiger partial charge on any atom is 0.416 e. The van der Waals surface area contributed by atoms with Crippen LogP contribution in [0.5, 0.6) is 5.75 Å². The molecule has 0 aliphatic rings. The maximum absolute atomic E-state index is 12.8. The van der Waals surface area contributed by atoms with Gasteiger partial charge in [0.2, 0.25) is 0 Å². The molecule has 2 aromatic rings. The lowest BCUT2D eigenvalue weighted by Gasteiger charge is -2.14. The Labute approximate surface area is 119 Å². The molecular formula is C15H14F3NO2. The van der Waals surface area contributed by atoms with Crippen molar-refractivity contribution in [2.24, 2.45) is 0 Å². The van der Waals surface area contributed by atoms with Crippen molar-refractivity contribution in [3.63, 3.8) is 0 Å². The second-order valence-corrected chi connectivity index (χ2v) is 4.55. The minimum Gasteiger partial charge on any atom is -0.493 e. The summed E-state index contributed by atoms with van der Waals surface area (Å²) in [4.78, 5) is 14.5. The first kappa shape index (κ1) is 15.2. The van der Waals surface area contributed by atoms with E-state index in [2.05, 4.69) is 4.98 Å². The number of hydrogen-bond donors (Lipinski definition) is 1. The number of alkyl halides is 3. The Balaban J connectivity index is 2.60. The maximum atomic E-state index is 12.8. The zero-order valence-electron chi connectivity index (χ0n) is 11.5. The number of pyridine rings is 1. The molecule has 6 heteroatoms. The fraction of sp³-hybridized carbons (Fsp3) is 0.267. The fourth-order valence-corrected chi connectivity index (χ4v) is 2.02. The summed E-state index contributed by atoms with van der Waals surface area (Å²) in [6, 6.07) is 5.96. The minimum absolute atomic E-state index is 0.0913. The Bertz CT molecular complexity index is 705. The highest BCUT2D eigenvalue weighted by atomic mass is 19.4. The van der Waals surface area contributed by atoms with Gasteiger partial charge < -0.3 is 9.72 Å². The smallest absolute Gasteiger partial charge is 0.416 e. The van der Waals surface area contributed by atoms with Gasteiger partial charge in [0.05, 0.1) is 17.9 Å². The van der Waals surface area contributed by atoms with E-state index in [4.69, 9.17) is 4.74 Å². The molecule has 0 fully saturated rings. The van der Waals surface area contributed by atoms with Crippen LogP contribution in [0.15, 0.2) is 35.1 Å². The van der Waals surface area contributed by atoms with E-state index in [-0.39, 0.29) is 17.8 Å². The number of aromatic nitrogens is 1. The SMILES string of the molecule is CCOc1cc(C(F)(F)F)ccc1-c1cc(=O)cc(C)[nH]1. The van der Waals surface area contributed by atoms with E-state index in [1.165, 1.54) is 18.2 Å². The van der Waals surface area contributed by atoms with Crippen LogP contribution in [-0.2, 0) is 6.18 Å². The molecule has 0 aliphatic carbocycles. The molecular weight excluding hydrogens is 283 g/mol. The van der Waals surface area contributed by atoms with E-state index in [1.807, 2.05) is 0 Å². The first-order valence-electron chi connectivity index (χ1n) is 6.36. The number of rotatable bonds is 3. The summed E-state index contributed by atoms with van der Waals surface area (Å²) in [6.45, 7) is 3.61. The molecule has 0 unspecified atom stereocenters. The average molecular weight is 297 g/mol. The van der Waals surface area contributed by atoms with Crippen molar-refractivity contribution in [1.29, 1.82) is 0 Å². The van der Waals surface area contributed by atoms with Crippen LogP contribution < -0.4 is 10.2 Å². The fourth-order valence-electron chi connectivity index (χ4n) is 2.02. The third-order valence-electron chi connectivity index (χ3n) is 2.88. The van der Waals surface area contributed by atoms with Gasteiger partial charge in [0.15, 0.2) is 5.43 Å². The Hall–Kier alpha value is -2.24. The summed E-state index contributed by atoms with van der Waals surface area (Å²) in [5.41, 5.74) is 0.468. The average Bonchev–Trinajstić information content (AvgIpc) is 2.36. The molecule has 3 nitrogen and oxygen atoms in total. The molecule has 2 rings (SSSR count). The Morgan fingerprint density at radius 1 is 1.19 bits per heavy atom. The van der Waals surface area contributed by atoms with Crippen molar-refractivity contribution in [3.05, 3.63) is 51.8 Å². The highest BCUT2D eigenvalue weighted by Crippen LogP contribution is 2.36. The largest absolute Gasteiger partial charge is 0.493 e. The van der Waals surface area contributed by atoms with Gasteiger partial charge in [-0.25, -0.2) is 0 Å². The van der Waals surface area contributed by atoms with Gasteiger partial charge in [-0.3, -0.25) is 4.79 Å². The monoisotopic (exact) mass is 297 g/mol. The summed E-state index contributed by atoms with van der Waals surface area (Å²) in [6.07, 6.45) is -4.44. The molecule has 0 spiro atoms. The van der Waals surface area contributed by atoms with E-state index in [0.717, 1.165) is 12.1 Å². The summed E-state index contributed by atoms with van der Waals surface area (Å²) in [7, 11) is 0. The van der Waals surface area contributed by atoms with Crippen LogP contribution in [0.4, 0.5) is 13.2 Å². The van der Waals surface area contributed by atoms with Gasteiger partial charge in [-0.15, -0.1) is 0 Å². The zero-order valence-corrected chi connectivity index (χ0v) is 11.5. The van der Waals surface area contributed by atoms with Crippen molar-refractivity contribution >= 4 is 0 Å². The second kappa shape index (κ2) is 5.63. The summed E-state index contributed by atoms with van der Waals surface area (Å²) in [5.74, 6) is 0.0913. The van der Waals surface area contributed by atoms with Crippen molar-refractivity contribution in [2.75, 3.05) is 6.61 Å². The highest BCUT2D eigenvalue weighted by Gasteiger charge is 2.31. The van der Waals surface area contributed by atoms with Crippen LogP contribution in [0.1, 0.15) is 18.2 Å². The summed E-state index contributed by atoms with van der Waals surface area (Å²) in [5, 5.41) is 0.